The minimum absolute atomic E-state index is 0.0963. The van der Waals surface area contributed by atoms with Crippen LogP contribution >= 0.6 is 11.6 Å². The van der Waals surface area contributed by atoms with Crippen molar-refractivity contribution in [3.8, 4) is 0 Å². The third-order valence-electron chi connectivity index (χ3n) is 6.71. The first kappa shape index (κ1) is 31.2. The van der Waals surface area contributed by atoms with E-state index in [1.165, 1.54) is 4.90 Å². The summed E-state index contributed by atoms with van der Waals surface area (Å²) in [6, 6.07) is 21.0. The zero-order valence-electron chi connectivity index (χ0n) is 23.7. The Labute approximate surface area is 243 Å². The monoisotopic (exact) mass is 583 g/mol. The second-order valence-electron chi connectivity index (χ2n) is 10.3. The van der Waals surface area contributed by atoms with Crippen LogP contribution in [0.25, 0.3) is 0 Å². The molecule has 2 amide bonds. The molecule has 214 valence electrons. The number of nitrogens with zero attached hydrogens (tertiary/aromatic N) is 2. The van der Waals surface area contributed by atoms with Crippen molar-refractivity contribution >= 4 is 39.1 Å². The van der Waals surface area contributed by atoms with Crippen molar-refractivity contribution in [3.63, 3.8) is 0 Å². The summed E-state index contributed by atoms with van der Waals surface area (Å²) in [5.74, 6) is -0.780. The van der Waals surface area contributed by atoms with Gasteiger partial charge in [-0.15, -0.1) is 0 Å². The Bertz CT molecular complexity index is 1390. The number of aryl methyl sites for hydroxylation is 2. The summed E-state index contributed by atoms with van der Waals surface area (Å²) in [6.07, 6.45) is 2.08. The molecule has 7 nitrogen and oxygen atoms in total. The first-order valence-corrected chi connectivity index (χ1v) is 15.5. The van der Waals surface area contributed by atoms with E-state index < -0.39 is 28.5 Å². The molecule has 0 aliphatic rings. The topological polar surface area (TPSA) is 86.8 Å². The fourth-order valence-corrected chi connectivity index (χ4v) is 5.45. The Morgan fingerprint density at radius 3 is 2.08 bits per heavy atom. The van der Waals surface area contributed by atoms with Gasteiger partial charge in [-0.25, -0.2) is 8.42 Å². The van der Waals surface area contributed by atoms with Crippen LogP contribution in [0.15, 0.2) is 72.8 Å². The van der Waals surface area contributed by atoms with Crippen LogP contribution in [0.1, 0.15) is 42.5 Å². The second-order valence-corrected chi connectivity index (χ2v) is 12.6. The van der Waals surface area contributed by atoms with Crippen LogP contribution < -0.4 is 9.62 Å². The predicted molar refractivity (Wildman–Crippen MR) is 162 cm³/mol. The molecule has 0 radical (unpaired) electrons. The number of halogens is 1. The van der Waals surface area contributed by atoms with Gasteiger partial charge in [0.15, 0.2) is 0 Å². The van der Waals surface area contributed by atoms with Crippen molar-refractivity contribution in [1.29, 1.82) is 0 Å². The highest BCUT2D eigenvalue weighted by atomic mass is 35.5. The number of carbonyl (C=O) groups is 2. The average molecular weight is 584 g/mol. The first-order valence-electron chi connectivity index (χ1n) is 13.3. The highest BCUT2D eigenvalue weighted by Crippen LogP contribution is 2.23. The summed E-state index contributed by atoms with van der Waals surface area (Å²) < 4.78 is 27.0. The molecule has 0 aliphatic heterocycles. The molecule has 0 saturated heterocycles. The average Bonchev–Trinajstić information content (AvgIpc) is 2.89. The number of benzene rings is 3. The molecule has 0 spiro atoms. The van der Waals surface area contributed by atoms with Gasteiger partial charge in [0.05, 0.1) is 11.9 Å². The molecule has 0 unspecified atom stereocenters. The molecule has 3 rings (SSSR count). The van der Waals surface area contributed by atoms with Gasteiger partial charge < -0.3 is 10.2 Å². The quantitative estimate of drug-likeness (QED) is 0.314. The fraction of sp³-hybridized carbons (Fsp3) is 0.355. The molecule has 2 atom stereocenters. The highest BCUT2D eigenvalue weighted by Gasteiger charge is 2.33. The van der Waals surface area contributed by atoms with Crippen LogP contribution in [0, 0.1) is 13.8 Å². The molecule has 0 heterocycles. The van der Waals surface area contributed by atoms with Crippen molar-refractivity contribution in [2.75, 3.05) is 17.1 Å². The number of hydrogen-bond donors (Lipinski definition) is 1. The number of amides is 2. The van der Waals surface area contributed by atoms with E-state index in [0.717, 1.165) is 39.2 Å². The summed E-state index contributed by atoms with van der Waals surface area (Å²) in [5.41, 5.74) is 3.82. The molecule has 0 aromatic heterocycles. The maximum absolute atomic E-state index is 14.1. The summed E-state index contributed by atoms with van der Waals surface area (Å²) in [4.78, 5) is 29.3. The van der Waals surface area contributed by atoms with Gasteiger partial charge >= 0.3 is 0 Å². The number of anilines is 1. The number of sulfonamides is 1. The fourth-order valence-electron chi connectivity index (χ4n) is 4.49. The Balaban J connectivity index is 2.07. The molecule has 0 saturated carbocycles. The molecule has 1 N–H and O–H groups in total. The van der Waals surface area contributed by atoms with Gasteiger partial charge in [0, 0.05) is 24.0 Å². The Hall–Kier alpha value is -3.36. The molecule has 3 aromatic carbocycles. The van der Waals surface area contributed by atoms with Gasteiger partial charge in [-0.05, 0) is 73.7 Å². The van der Waals surface area contributed by atoms with Gasteiger partial charge in [-0.1, -0.05) is 67.1 Å². The van der Waals surface area contributed by atoms with Crippen LogP contribution in [0.4, 0.5) is 5.69 Å². The van der Waals surface area contributed by atoms with Crippen LogP contribution in [-0.2, 0) is 32.6 Å². The van der Waals surface area contributed by atoms with E-state index >= 15 is 0 Å². The lowest BCUT2D eigenvalue weighted by Gasteiger charge is -2.34. The van der Waals surface area contributed by atoms with E-state index in [9.17, 15) is 18.0 Å². The Kier molecular flexibility index (Phi) is 10.8. The standard InChI is InChI=1S/C31H38ClN3O4S/c1-6-24(4)33-31(37)29(19-25-10-8-7-9-11-25)34(20-26-12-14-27(32)15-13-26)30(36)21-35(40(5,38)39)28-17-22(2)16-23(3)18-28/h7-18,24,29H,6,19-21H2,1-5H3,(H,33,37)/t24-,29+/m1/s1. The van der Waals surface area contributed by atoms with E-state index in [-0.39, 0.29) is 24.9 Å². The Morgan fingerprint density at radius 1 is 0.925 bits per heavy atom. The number of rotatable bonds is 12. The summed E-state index contributed by atoms with van der Waals surface area (Å²) in [6.45, 7) is 7.29. The lowest BCUT2D eigenvalue weighted by atomic mass is 10.0. The third kappa shape index (κ3) is 8.83. The Morgan fingerprint density at radius 2 is 1.52 bits per heavy atom. The molecule has 0 fully saturated rings. The molecular formula is C31H38ClN3O4S. The summed E-state index contributed by atoms with van der Waals surface area (Å²) in [5, 5.41) is 3.58. The van der Waals surface area contributed by atoms with Gasteiger partial charge in [0.1, 0.15) is 12.6 Å². The zero-order chi connectivity index (χ0) is 29.4. The van der Waals surface area contributed by atoms with E-state index in [2.05, 4.69) is 5.32 Å². The van der Waals surface area contributed by atoms with Crippen molar-refractivity contribution in [2.24, 2.45) is 0 Å². The van der Waals surface area contributed by atoms with E-state index in [1.54, 1.807) is 36.4 Å². The maximum atomic E-state index is 14.1. The molecular weight excluding hydrogens is 546 g/mol. The van der Waals surface area contributed by atoms with Crippen molar-refractivity contribution in [1.82, 2.24) is 10.2 Å². The lowest BCUT2D eigenvalue weighted by molar-refractivity contribution is -0.140. The molecule has 40 heavy (non-hydrogen) atoms. The van der Waals surface area contributed by atoms with E-state index in [0.29, 0.717) is 10.7 Å². The second kappa shape index (κ2) is 13.8. The third-order valence-corrected chi connectivity index (χ3v) is 8.10. The van der Waals surface area contributed by atoms with Gasteiger partial charge in [-0.3, -0.25) is 13.9 Å². The molecule has 9 heteroatoms. The van der Waals surface area contributed by atoms with Crippen molar-refractivity contribution in [2.45, 2.75) is 59.2 Å². The smallest absolute Gasteiger partial charge is 0.244 e. The number of hydrogen-bond acceptors (Lipinski definition) is 4. The lowest BCUT2D eigenvalue weighted by Crippen LogP contribution is -2.54. The van der Waals surface area contributed by atoms with Crippen LogP contribution in [0.3, 0.4) is 0 Å². The first-order chi connectivity index (χ1) is 18.9. The minimum Gasteiger partial charge on any atom is -0.352 e. The van der Waals surface area contributed by atoms with Crippen LogP contribution in [-0.4, -0.2) is 50.0 Å². The SMILES string of the molecule is CC[C@@H](C)NC(=O)[C@H](Cc1ccccc1)N(Cc1ccc(Cl)cc1)C(=O)CN(c1cc(C)cc(C)c1)S(C)(=O)=O. The highest BCUT2D eigenvalue weighted by molar-refractivity contribution is 7.92. The molecule has 0 bridgehead atoms. The zero-order valence-corrected chi connectivity index (χ0v) is 25.3. The predicted octanol–water partition coefficient (Wildman–Crippen LogP) is 5.28. The molecule has 3 aromatic rings. The van der Waals surface area contributed by atoms with Crippen LogP contribution in [0.2, 0.25) is 5.02 Å². The normalized spacial score (nSPS) is 12.8. The van der Waals surface area contributed by atoms with Crippen molar-refractivity contribution in [3.05, 3.63) is 100 Å². The number of nitrogens with one attached hydrogen (secondary N) is 1. The van der Waals surface area contributed by atoms with Crippen LogP contribution in [0.5, 0.6) is 0 Å². The molecule has 0 aliphatic carbocycles. The maximum Gasteiger partial charge on any atom is 0.244 e. The van der Waals surface area contributed by atoms with Crippen molar-refractivity contribution < 1.29 is 18.0 Å². The summed E-state index contributed by atoms with van der Waals surface area (Å²) >= 11 is 6.10. The van der Waals surface area contributed by atoms with E-state index in [4.69, 9.17) is 11.6 Å². The largest absolute Gasteiger partial charge is 0.352 e. The van der Waals surface area contributed by atoms with Gasteiger partial charge in [-0.2, -0.15) is 0 Å². The number of carbonyl (C=O) groups excluding carboxylic acids is 2. The van der Waals surface area contributed by atoms with Gasteiger partial charge in [0.2, 0.25) is 21.8 Å². The van der Waals surface area contributed by atoms with Gasteiger partial charge in [0.25, 0.3) is 0 Å². The summed E-state index contributed by atoms with van der Waals surface area (Å²) in [7, 11) is -3.82. The minimum atomic E-state index is -3.82. The van der Waals surface area contributed by atoms with E-state index in [1.807, 2.05) is 64.1 Å².